The molecule has 0 saturated heterocycles. The Labute approximate surface area is 85.8 Å². The van der Waals surface area contributed by atoms with E-state index in [0.717, 1.165) is 6.92 Å². The lowest BCUT2D eigenvalue weighted by molar-refractivity contribution is -0.157. The Kier molecular flexibility index (Phi) is 6.82. The molecule has 0 aliphatic heterocycles. The van der Waals surface area contributed by atoms with Gasteiger partial charge in [0.05, 0.1) is 12.8 Å². The molecule has 0 saturated carbocycles. The van der Waals surface area contributed by atoms with Crippen LogP contribution in [0.3, 0.4) is 0 Å². The van der Waals surface area contributed by atoms with E-state index in [4.69, 9.17) is 5.11 Å². The minimum atomic E-state index is -0.858. The Hall–Kier alpha value is -1.04. The first-order valence-electron chi connectivity index (χ1n) is 4.03. The molecule has 0 heterocycles. The molecule has 0 atom stereocenters. The van der Waals surface area contributed by atoms with Gasteiger partial charge in [0.25, 0.3) is 0 Å². The summed E-state index contributed by atoms with van der Waals surface area (Å²) >= 11 is 1.34. The number of carboxylic acids is 1. The van der Waals surface area contributed by atoms with Crippen molar-refractivity contribution in [3.8, 4) is 0 Å². The van der Waals surface area contributed by atoms with Gasteiger partial charge in [-0.2, -0.15) is 11.8 Å². The molecule has 80 valence electrons. The van der Waals surface area contributed by atoms with Crippen LogP contribution in [0, 0.1) is 0 Å². The van der Waals surface area contributed by atoms with Crippen LogP contribution in [-0.4, -0.2) is 34.5 Å². The molecular weight excluding hydrogens is 208 g/mol. The highest BCUT2D eigenvalue weighted by Gasteiger charge is 2.05. The predicted octanol–water partition coefficient (Wildman–Crippen LogP) is 0.674. The van der Waals surface area contributed by atoms with Crippen molar-refractivity contribution in [3.63, 3.8) is 0 Å². The normalized spacial score (nSPS) is 9.50. The van der Waals surface area contributed by atoms with E-state index in [9.17, 15) is 14.4 Å². The van der Waals surface area contributed by atoms with Crippen LogP contribution in [0.15, 0.2) is 0 Å². The molecule has 5 nitrogen and oxygen atoms in total. The molecule has 0 aromatic rings. The number of thioether (sulfide) groups is 1. The smallest absolute Gasteiger partial charge is 0.314 e. The monoisotopic (exact) mass is 220 g/mol. The molecule has 0 fully saturated rings. The third kappa shape index (κ3) is 9.05. The van der Waals surface area contributed by atoms with E-state index in [-0.39, 0.29) is 12.8 Å². The Morgan fingerprint density at radius 3 is 2.29 bits per heavy atom. The van der Waals surface area contributed by atoms with Crippen molar-refractivity contribution in [3.05, 3.63) is 0 Å². The Bertz CT molecular complexity index is 226. The van der Waals surface area contributed by atoms with Crippen molar-refractivity contribution in [2.75, 3.05) is 11.5 Å². The SMILES string of the molecule is CC(=O)OC(=O)CCSCCC(=O)O. The molecule has 0 aliphatic rings. The minimum absolute atomic E-state index is 0.0758. The lowest BCUT2D eigenvalue weighted by Gasteiger charge is -1.99. The zero-order valence-corrected chi connectivity index (χ0v) is 8.63. The lowest BCUT2D eigenvalue weighted by atomic mass is 10.5. The van der Waals surface area contributed by atoms with Crippen LogP contribution >= 0.6 is 11.8 Å². The van der Waals surface area contributed by atoms with Crippen LogP contribution in [0.2, 0.25) is 0 Å². The molecule has 0 radical (unpaired) electrons. The summed E-state index contributed by atoms with van der Waals surface area (Å²) in [5, 5.41) is 8.29. The van der Waals surface area contributed by atoms with E-state index in [1.807, 2.05) is 0 Å². The number of ether oxygens (including phenoxy) is 1. The number of aliphatic carboxylic acids is 1. The highest BCUT2D eigenvalue weighted by Crippen LogP contribution is 2.05. The maximum Gasteiger partial charge on any atom is 0.314 e. The van der Waals surface area contributed by atoms with Crippen LogP contribution in [0.25, 0.3) is 0 Å². The van der Waals surface area contributed by atoms with Crippen LogP contribution in [0.4, 0.5) is 0 Å². The minimum Gasteiger partial charge on any atom is -0.481 e. The first-order valence-corrected chi connectivity index (χ1v) is 5.18. The van der Waals surface area contributed by atoms with Gasteiger partial charge in [-0.05, 0) is 0 Å². The van der Waals surface area contributed by atoms with Gasteiger partial charge in [0.2, 0.25) is 0 Å². The second-order valence-electron chi connectivity index (χ2n) is 2.47. The summed E-state index contributed by atoms with van der Waals surface area (Å²) in [7, 11) is 0. The van der Waals surface area contributed by atoms with E-state index < -0.39 is 17.9 Å². The summed E-state index contributed by atoms with van der Waals surface area (Å²) in [6.45, 7) is 1.16. The van der Waals surface area contributed by atoms with Crippen molar-refractivity contribution >= 4 is 29.7 Å². The first kappa shape index (κ1) is 13.0. The maximum atomic E-state index is 10.8. The van der Waals surface area contributed by atoms with Crippen LogP contribution in [0.5, 0.6) is 0 Å². The molecule has 14 heavy (non-hydrogen) atoms. The molecule has 0 amide bonds. The zero-order valence-electron chi connectivity index (χ0n) is 7.82. The Morgan fingerprint density at radius 1 is 1.21 bits per heavy atom. The van der Waals surface area contributed by atoms with Crippen molar-refractivity contribution < 1.29 is 24.2 Å². The molecule has 0 aromatic heterocycles. The van der Waals surface area contributed by atoms with Gasteiger partial charge < -0.3 is 9.84 Å². The van der Waals surface area contributed by atoms with E-state index in [1.54, 1.807) is 0 Å². The predicted molar refractivity (Wildman–Crippen MR) is 51.0 cm³/mol. The molecule has 0 aliphatic carbocycles. The molecule has 6 heteroatoms. The number of esters is 2. The Morgan fingerprint density at radius 2 is 1.79 bits per heavy atom. The number of hydrogen-bond donors (Lipinski definition) is 1. The molecule has 0 bridgehead atoms. The second-order valence-corrected chi connectivity index (χ2v) is 3.70. The van der Waals surface area contributed by atoms with Gasteiger partial charge >= 0.3 is 17.9 Å². The summed E-state index contributed by atoms with van der Waals surface area (Å²) in [6, 6.07) is 0. The van der Waals surface area contributed by atoms with Crippen molar-refractivity contribution in [2.45, 2.75) is 19.8 Å². The van der Waals surface area contributed by atoms with Gasteiger partial charge in [-0.25, -0.2) is 0 Å². The van der Waals surface area contributed by atoms with Crippen LogP contribution in [0.1, 0.15) is 19.8 Å². The third-order valence-electron chi connectivity index (χ3n) is 1.17. The Balaban J connectivity index is 3.32. The largest absolute Gasteiger partial charge is 0.481 e. The lowest BCUT2D eigenvalue weighted by Crippen LogP contribution is -2.09. The first-order chi connectivity index (χ1) is 6.52. The second kappa shape index (κ2) is 7.37. The highest BCUT2D eigenvalue weighted by molar-refractivity contribution is 7.99. The fourth-order valence-corrected chi connectivity index (χ4v) is 1.46. The van der Waals surface area contributed by atoms with Gasteiger partial charge in [-0.15, -0.1) is 0 Å². The molecular formula is C8H12O5S. The van der Waals surface area contributed by atoms with Crippen molar-refractivity contribution in [1.29, 1.82) is 0 Å². The van der Waals surface area contributed by atoms with Gasteiger partial charge in [-0.3, -0.25) is 14.4 Å². The summed E-state index contributed by atoms with van der Waals surface area (Å²) in [6.07, 6.45) is 0.205. The van der Waals surface area contributed by atoms with Crippen LogP contribution in [-0.2, 0) is 19.1 Å². The maximum absolute atomic E-state index is 10.8. The van der Waals surface area contributed by atoms with Gasteiger partial charge in [0.1, 0.15) is 0 Å². The molecule has 0 aromatic carbocycles. The number of rotatable bonds is 6. The van der Waals surface area contributed by atoms with Gasteiger partial charge in [0.15, 0.2) is 0 Å². The molecule has 0 spiro atoms. The van der Waals surface area contributed by atoms with E-state index in [2.05, 4.69) is 4.74 Å². The topological polar surface area (TPSA) is 80.7 Å². The average Bonchev–Trinajstić information content (AvgIpc) is 2.01. The summed E-state index contributed by atoms with van der Waals surface area (Å²) in [5.74, 6) is -1.11. The molecule has 1 N–H and O–H groups in total. The van der Waals surface area contributed by atoms with Gasteiger partial charge in [0, 0.05) is 18.4 Å². The third-order valence-corrected chi connectivity index (χ3v) is 2.15. The fourth-order valence-electron chi connectivity index (χ4n) is 0.628. The zero-order chi connectivity index (χ0) is 11.0. The number of carbonyl (C=O) groups excluding carboxylic acids is 2. The van der Waals surface area contributed by atoms with Crippen molar-refractivity contribution in [1.82, 2.24) is 0 Å². The van der Waals surface area contributed by atoms with Gasteiger partial charge in [-0.1, -0.05) is 0 Å². The standard InChI is InChI=1S/C8H12O5S/c1-6(9)13-8(12)3-5-14-4-2-7(10)11/h2-5H2,1H3,(H,10,11). The molecule has 0 unspecified atom stereocenters. The number of hydrogen-bond acceptors (Lipinski definition) is 5. The number of carbonyl (C=O) groups is 3. The van der Waals surface area contributed by atoms with Crippen molar-refractivity contribution in [2.24, 2.45) is 0 Å². The van der Waals surface area contributed by atoms with E-state index >= 15 is 0 Å². The summed E-state index contributed by atoms with van der Waals surface area (Å²) in [5.41, 5.74) is 0. The fraction of sp³-hybridized carbons (Fsp3) is 0.625. The highest BCUT2D eigenvalue weighted by atomic mass is 32.2. The number of carboxylic acid groups (broad SMARTS) is 1. The quantitative estimate of drug-likeness (QED) is 0.402. The van der Waals surface area contributed by atoms with Crippen LogP contribution < -0.4 is 0 Å². The van der Waals surface area contributed by atoms with E-state index in [0.29, 0.717) is 11.5 Å². The van der Waals surface area contributed by atoms with E-state index in [1.165, 1.54) is 11.8 Å². The average molecular weight is 220 g/mol. The molecule has 0 rings (SSSR count). The summed E-state index contributed by atoms with van der Waals surface area (Å²) in [4.78, 5) is 31.2. The summed E-state index contributed by atoms with van der Waals surface area (Å²) < 4.78 is 4.27.